The molecule has 0 fully saturated rings. The van der Waals surface area contributed by atoms with Crippen molar-refractivity contribution in [2.24, 2.45) is 0 Å². The van der Waals surface area contributed by atoms with Gasteiger partial charge in [-0.2, -0.15) is 0 Å². The SMILES string of the molecule is CCc1cccc(C)c1NC(=O)CNC(=O)Cc1ccccc1C. The van der Waals surface area contributed by atoms with Crippen LogP contribution in [0.25, 0.3) is 0 Å². The number of carbonyl (C=O) groups excluding carboxylic acids is 2. The van der Waals surface area contributed by atoms with Gasteiger partial charge in [0.2, 0.25) is 11.8 Å². The summed E-state index contributed by atoms with van der Waals surface area (Å²) in [7, 11) is 0. The molecule has 4 heteroatoms. The van der Waals surface area contributed by atoms with Gasteiger partial charge in [0.15, 0.2) is 0 Å². The summed E-state index contributed by atoms with van der Waals surface area (Å²) in [5.74, 6) is -0.364. The second kappa shape index (κ2) is 8.29. The van der Waals surface area contributed by atoms with E-state index in [9.17, 15) is 9.59 Å². The molecule has 0 atom stereocenters. The fraction of sp³-hybridized carbons (Fsp3) is 0.300. The summed E-state index contributed by atoms with van der Waals surface area (Å²) in [6, 6.07) is 13.7. The van der Waals surface area contributed by atoms with Crippen LogP contribution >= 0.6 is 0 Å². The molecular formula is C20H24N2O2. The quantitative estimate of drug-likeness (QED) is 0.857. The van der Waals surface area contributed by atoms with E-state index in [4.69, 9.17) is 0 Å². The zero-order valence-corrected chi connectivity index (χ0v) is 14.5. The predicted octanol–water partition coefficient (Wildman–Crippen LogP) is 3.16. The molecule has 0 saturated carbocycles. The zero-order valence-electron chi connectivity index (χ0n) is 14.5. The highest BCUT2D eigenvalue weighted by Gasteiger charge is 2.11. The van der Waals surface area contributed by atoms with Gasteiger partial charge in [-0.15, -0.1) is 0 Å². The average Bonchev–Trinajstić information content (AvgIpc) is 2.57. The number of nitrogens with one attached hydrogen (secondary N) is 2. The summed E-state index contributed by atoms with van der Waals surface area (Å²) in [4.78, 5) is 24.2. The first kappa shape index (κ1) is 17.7. The minimum absolute atomic E-state index is 0.0256. The molecule has 2 rings (SSSR count). The fourth-order valence-electron chi connectivity index (χ4n) is 2.61. The lowest BCUT2D eigenvalue weighted by Gasteiger charge is -2.13. The fourth-order valence-corrected chi connectivity index (χ4v) is 2.61. The van der Waals surface area contributed by atoms with E-state index in [-0.39, 0.29) is 24.8 Å². The highest BCUT2D eigenvalue weighted by atomic mass is 16.2. The Balaban J connectivity index is 1.90. The van der Waals surface area contributed by atoms with Crippen LogP contribution in [0.15, 0.2) is 42.5 Å². The molecule has 126 valence electrons. The number of benzene rings is 2. The molecule has 2 amide bonds. The Morgan fingerprint density at radius 3 is 2.25 bits per heavy atom. The molecule has 0 bridgehead atoms. The Hall–Kier alpha value is -2.62. The van der Waals surface area contributed by atoms with Gasteiger partial charge in [0.1, 0.15) is 0 Å². The number of carbonyl (C=O) groups is 2. The van der Waals surface area contributed by atoms with Crippen molar-refractivity contribution in [2.45, 2.75) is 33.6 Å². The van der Waals surface area contributed by atoms with Crippen LogP contribution in [0.1, 0.15) is 29.2 Å². The smallest absolute Gasteiger partial charge is 0.243 e. The molecule has 0 aliphatic heterocycles. The lowest BCUT2D eigenvalue weighted by Crippen LogP contribution is -2.34. The lowest BCUT2D eigenvalue weighted by atomic mass is 10.1. The maximum absolute atomic E-state index is 12.1. The van der Waals surface area contributed by atoms with E-state index in [0.717, 1.165) is 34.4 Å². The second-order valence-corrected chi connectivity index (χ2v) is 5.89. The summed E-state index contributed by atoms with van der Waals surface area (Å²) in [6.07, 6.45) is 1.13. The summed E-state index contributed by atoms with van der Waals surface area (Å²) < 4.78 is 0. The van der Waals surface area contributed by atoms with E-state index in [1.807, 2.05) is 63.2 Å². The van der Waals surface area contributed by atoms with Crippen molar-refractivity contribution < 1.29 is 9.59 Å². The molecule has 24 heavy (non-hydrogen) atoms. The Labute approximate surface area is 143 Å². The Morgan fingerprint density at radius 2 is 1.54 bits per heavy atom. The normalized spacial score (nSPS) is 10.3. The van der Waals surface area contributed by atoms with Crippen LogP contribution in [0.5, 0.6) is 0 Å². The highest BCUT2D eigenvalue weighted by Crippen LogP contribution is 2.20. The highest BCUT2D eigenvalue weighted by molar-refractivity contribution is 5.96. The second-order valence-electron chi connectivity index (χ2n) is 5.89. The van der Waals surface area contributed by atoms with Crippen LogP contribution in [0.2, 0.25) is 0 Å². The maximum Gasteiger partial charge on any atom is 0.243 e. The van der Waals surface area contributed by atoms with Gasteiger partial charge < -0.3 is 10.6 Å². The van der Waals surface area contributed by atoms with Crippen LogP contribution in [-0.2, 0) is 22.4 Å². The third kappa shape index (κ3) is 4.69. The van der Waals surface area contributed by atoms with Gasteiger partial charge in [-0.05, 0) is 42.5 Å². The van der Waals surface area contributed by atoms with Crippen LogP contribution in [-0.4, -0.2) is 18.4 Å². The molecule has 0 saturated heterocycles. The number of hydrogen-bond donors (Lipinski definition) is 2. The molecule has 0 aromatic heterocycles. The summed E-state index contributed by atoms with van der Waals surface area (Å²) in [5, 5.41) is 5.59. The van der Waals surface area contributed by atoms with Crippen LogP contribution in [0.3, 0.4) is 0 Å². The van der Waals surface area contributed by atoms with Crippen molar-refractivity contribution in [2.75, 3.05) is 11.9 Å². The molecule has 4 nitrogen and oxygen atoms in total. The van der Waals surface area contributed by atoms with E-state index in [0.29, 0.717) is 0 Å². The summed E-state index contributed by atoms with van der Waals surface area (Å²) in [5.41, 5.74) is 5.01. The van der Waals surface area contributed by atoms with Gasteiger partial charge in [-0.3, -0.25) is 9.59 Å². The van der Waals surface area contributed by atoms with E-state index < -0.39 is 0 Å². The van der Waals surface area contributed by atoms with Crippen molar-refractivity contribution in [3.63, 3.8) is 0 Å². The van der Waals surface area contributed by atoms with Crippen LogP contribution in [0.4, 0.5) is 5.69 Å². The molecular weight excluding hydrogens is 300 g/mol. The molecule has 0 spiro atoms. The number of para-hydroxylation sites is 1. The minimum atomic E-state index is -0.211. The molecule has 2 aromatic rings. The minimum Gasteiger partial charge on any atom is -0.347 e. The largest absolute Gasteiger partial charge is 0.347 e. The third-order valence-electron chi connectivity index (χ3n) is 4.06. The summed E-state index contributed by atoms with van der Waals surface area (Å²) in [6.45, 7) is 5.96. The molecule has 0 unspecified atom stereocenters. The first-order valence-electron chi connectivity index (χ1n) is 8.20. The number of amides is 2. The molecule has 2 N–H and O–H groups in total. The van der Waals surface area contributed by atoms with Gasteiger partial charge in [0.25, 0.3) is 0 Å². The zero-order chi connectivity index (χ0) is 17.5. The topological polar surface area (TPSA) is 58.2 Å². The average molecular weight is 324 g/mol. The van der Waals surface area contributed by atoms with E-state index in [1.165, 1.54) is 0 Å². The monoisotopic (exact) mass is 324 g/mol. The van der Waals surface area contributed by atoms with Gasteiger partial charge in [0.05, 0.1) is 13.0 Å². The molecule has 2 aromatic carbocycles. The number of aryl methyl sites for hydroxylation is 3. The van der Waals surface area contributed by atoms with E-state index in [1.54, 1.807) is 0 Å². The van der Waals surface area contributed by atoms with E-state index >= 15 is 0 Å². The van der Waals surface area contributed by atoms with Crippen molar-refractivity contribution in [3.8, 4) is 0 Å². The van der Waals surface area contributed by atoms with Crippen LogP contribution in [0, 0.1) is 13.8 Å². The van der Waals surface area contributed by atoms with Gasteiger partial charge >= 0.3 is 0 Å². The Kier molecular flexibility index (Phi) is 6.13. The van der Waals surface area contributed by atoms with Crippen molar-refractivity contribution >= 4 is 17.5 Å². The number of anilines is 1. The summed E-state index contributed by atoms with van der Waals surface area (Å²) >= 11 is 0. The number of hydrogen-bond acceptors (Lipinski definition) is 2. The molecule has 0 aliphatic carbocycles. The Morgan fingerprint density at radius 1 is 0.875 bits per heavy atom. The molecule has 0 aliphatic rings. The van der Waals surface area contributed by atoms with Gasteiger partial charge in [-0.1, -0.05) is 49.4 Å². The third-order valence-corrected chi connectivity index (χ3v) is 4.06. The van der Waals surface area contributed by atoms with Gasteiger partial charge in [0, 0.05) is 5.69 Å². The number of rotatable bonds is 6. The van der Waals surface area contributed by atoms with Crippen molar-refractivity contribution in [1.82, 2.24) is 5.32 Å². The predicted molar refractivity (Wildman–Crippen MR) is 97.1 cm³/mol. The molecule has 0 heterocycles. The van der Waals surface area contributed by atoms with Crippen molar-refractivity contribution in [1.29, 1.82) is 0 Å². The Bertz CT molecular complexity index is 738. The lowest BCUT2D eigenvalue weighted by molar-refractivity contribution is -0.123. The maximum atomic E-state index is 12.1. The van der Waals surface area contributed by atoms with Gasteiger partial charge in [-0.25, -0.2) is 0 Å². The first-order valence-corrected chi connectivity index (χ1v) is 8.20. The van der Waals surface area contributed by atoms with Crippen LogP contribution < -0.4 is 10.6 Å². The molecule has 0 radical (unpaired) electrons. The standard InChI is InChI=1S/C20H24N2O2/c1-4-16-11-7-9-15(3)20(16)22-19(24)13-21-18(23)12-17-10-6-5-8-14(17)2/h5-11H,4,12-13H2,1-3H3,(H,21,23)(H,22,24). The first-order chi connectivity index (χ1) is 11.5. The van der Waals surface area contributed by atoms with E-state index in [2.05, 4.69) is 10.6 Å². The van der Waals surface area contributed by atoms with Crippen molar-refractivity contribution in [3.05, 3.63) is 64.7 Å².